The van der Waals surface area contributed by atoms with Gasteiger partial charge in [-0.25, -0.2) is 0 Å². The van der Waals surface area contributed by atoms with Crippen LogP contribution < -0.4 is 10.7 Å². The van der Waals surface area contributed by atoms with Gasteiger partial charge in [0.15, 0.2) is 5.43 Å². The first-order valence-electron chi connectivity index (χ1n) is 7.29. The molecule has 0 saturated carbocycles. The molecule has 0 fully saturated rings. The Balaban J connectivity index is 2.00. The summed E-state index contributed by atoms with van der Waals surface area (Å²) in [6.07, 6.45) is 0. The minimum Gasteiger partial charge on any atom is -0.450 e. The van der Waals surface area contributed by atoms with Crippen molar-refractivity contribution in [3.8, 4) is 0 Å². The first-order chi connectivity index (χ1) is 11.5. The summed E-state index contributed by atoms with van der Waals surface area (Å²) in [7, 11) is 0. The van der Waals surface area contributed by atoms with E-state index in [0.717, 1.165) is 15.6 Å². The number of hydrogen-bond donors (Lipinski definition) is 1. The topological polar surface area (TPSA) is 59.3 Å². The van der Waals surface area contributed by atoms with Gasteiger partial charge in [0.05, 0.1) is 17.0 Å². The summed E-state index contributed by atoms with van der Waals surface area (Å²) in [5, 5.41) is 3.69. The van der Waals surface area contributed by atoms with Crippen LogP contribution in [0.4, 0.5) is 0 Å². The maximum absolute atomic E-state index is 13.0. The van der Waals surface area contributed by atoms with Crippen LogP contribution in [0.1, 0.15) is 33.3 Å². The van der Waals surface area contributed by atoms with Crippen LogP contribution in [-0.4, -0.2) is 5.91 Å². The fourth-order valence-electron chi connectivity index (χ4n) is 2.93. The molecule has 2 aromatic carbocycles. The van der Waals surface area contributed by atoms with E-state index in [1.54, 1.807) is 12.1 Å². The molecule has 120 valence electrons. The molecule has 1 unspecified atom stereocenters. The molecule has 2 heterocycles. The first kappa shape index (κ1) is 15.4. The lowest BCUT2D eigenvalue weighted by atomic mass is 9.99. The largest absolute Gasteiger partial charge is 0.450 e. The van der Waals surface area contributed by atoms with Crippen molar-refractivity contribution in [2.45, 2.75) is 13.0 Å². The molecule has 0 radical (unpaired) electrons. The van der Waals surface area contributed by atoms with Crippen molar-refractivity contribution in [1.82, 2.24) is 5.32 Å². The van der Waals surface area contributed by atoms with Crippen molar-refractivity contribution < 1.29 is 9.21 Å². The molecule has 1 aliphatic rings. The van der Waals surface area contributed by atoms with E-state index in [9.17, 15) is 9.59 Å². The van der Waals surface area contributed by atoms with E-state index < -0.39 is 6.04 Å². The highest BCUT2D eigenvalue weighted by molar-refractivity contribution is 9.10. The fraction of sp³-hybridized carbons (Fsp3) is 0.111. The van der Waals surface area contributed by atoms with Crippen LogP contribution in [0.5, 0.6) is 0 Å². The number of carbonyl (C=O) groups is 1. The highest BCUT2D eigenvalue weighted by Crippen LogP contribution is 2.32. The highest BCUT2D eigenvalue weighted by atomic mass is 79.9. The average molecular weight is 405 g/mol. The SMILES string of the molecule is Cc1cc2oc3c(c(=O)c2cc1Cl)C(c1ccc(Br)cc1)NC3=O. The zero-order valence-electron chi connectivity index (χ0n) is 12.5. The maximum Gasteiger partial charge on any atom is 0.288 e. The smallest absolute Gasteiger partial charge is 0.288 e. The van der Waals surface area contributed by atoms with Gasteiger partial charge in [0, 0.05) is 9.50 Å². The number of aryl methyl sites for hydroxylation is 1. The number of benzene rings is 2. The number of rotatable bonds is 1. The fourth-order valence-corrected chi connectivity index (χ4v) is 3.36. The normalized spacial score (nSPS) is 16.3. The zero-order chi connectivity index (χ0) is 17.0. The Morgan fingerprint density at radius 1 is 1.17 bits per heavy atom. The Kier molecular flexibility index (Phi) is 3.51. The van der Waals surface area contributed by atoms with Gasteiger partial charge in [0.1, 0.15) is 5.58 Å². The summed E-state index contributed by atoms with van der Waals surface area (Å²) in [5.74, 6) is -0.313. The minimum atomic E-state index is -0.527. The molecule has 0 bridgehead atoms. The molecule has 4 rings (SSSR count). The van der Waals surface area contributed by atoms with Crippen molar-refractivity contribution in [2.75, 3.05) is 0 Å². The van der Waals surface area contributed by atoms with Crippen LogP contribution in [0.25, 0.3) is 11.0 Å². The summed E-state index contributed by atoms with van der Waals surface area (Å²) in [6, 6.07) is 10.2. The minimum absolute atomic E-state index is 0.0714. The van der Waals surface area contributed by atoms with Gasteiger partial charge in [-0.2, -0.15) is 0 Å². The monoisotopic (exact) mass is 403 g/mol. The third-order valence-electron chi connectivity index (χ3n) is 4.18. The number of nitrogens with one attached hydrogen (secondary N) is 1. The van der Waals surface area contributed by atoms with E-state index in [0.29, 0.717) is 21.6 Å². The summed E-state index contributed by atoms with van der Waals surface area (Å²) < 4.78 is 6.65. The second kappa shape index (κ2) is 5.46. The lowest BCUT2D eigenvalue weighted by molar-refractivity contribution is 0.0938. The molecule has 0 spiro atoms. The summed E-state index contributed by atoms with van der Waals surface area (Å²) in [6.45, 7) is 1.82. The van der Waals surface area contributed by atoms with E-state index in [1.807, 2.05) is 31.2 Å². The average Bonchev–Trinajstić information content (AvgIpc) is 2.88. The molecule has 1 amide bonds. The molecule has 3 aromatic rings. The van der Waals surface area contributed by atoms with Crippen LogP contribution >= 0.6 is 27.5 Å². The van der Waals surface area contributed by atoms with Gasteiger partial charge in [-0.3, -0.25) is 9.59 Å². The zero-order valence-corrected chi connectivity index (χ0v) is 14.9. The lowest BCUT2D eigenvalue weighted by Crippen LogP contribution is -2.21. The first-order valence-corrected chi connectivity index (χ1v) is 8.46. The summed E-state index contributed by atoms with van der Waals surface area (Å²) in [5.41, 5.74) is 2.06. The third-order valence-corrected chi connectivity index (χ3v) is 5.12. The Morgan fingerprint density at radius 2 is 1.88 bits per heavy atom. The maximum atomic E-state index is 13.0. The standard InChI is InChI=1S/C18H11BrClNO3/c1-8-6-13-11(7-12(8)20)16(22)14-15(21-18(23)17(14)24-13)9-2-4-10(19)5-3-9/h2-7,15H,1H3,(H,21,23). The molecule has 1 aliphatic heterocycles. The quantitative estimate of drug-likeness (QED) is 0.656. The van der Waals surface area contributed by atoms with Crippen molar-refractivity contribution in [1.29, 1.82) is 0 Å². The predicted octanol–water partition coefficient (Wildman–Crippen LogP) is 4.35. The molecule has 1 N–H and O–H groups in total. The number of hydrogen-bond acceptors (Lipinski definition) is 3. The van der Waals surface area contributed by atoms with Gasteiger partial charge in [-0.15, -0.1) is 0 Å². The summed E-state index contributed by atoms with van der Waals surface area (Å²) >= 11 is 9.52. The second-order valence-corrected chi connectivity index (χ2v) is 7.05. The van der Waals surface area contributed by atoms with E-state index in [1.165, 1.54) is 0 Å². The lowest BCUT2D eigenvalue weighted by Gasteiger charge is -2.11. The number of fused-ring (bicyclic) bond motifs is 2. The second-order valence-electron chi connectivity index (χ2n) is 5.73. The van der Waals surface area contributed by atoms with Crippen molar-refractivity contribution in [2.24, 2.45) is 0 Å². The van der Waals surface area contributed by atoms with E-state index in [4.69, 9.17) is 16.0 Å². The van der Waals surface area contributed by atoms with Gasteiger partial charge >= 0.3 is 0 Å². The van der Waals surface area contributed by atoms with E-state index in [2.05, 4.69) is 21.2 Å². The van der Waals surface area contributed by atoms with Gasteiger partial charge in [0.2, 0.25) is 5.76 Å². The van der Waals surface area contributed by atoms with Gasteiger partial charge in [-0.05, 0) is 42.3 Å². The Bertz CT molecular complexity index is 1060. The van der Waals surface area contributed by atoms with E-state index >= 15 is 0 Å². The van der Waals surface area contributed by atoms with Crippen LogP contribution in [0.3, 0.4) is 0 Å². The Morgan fingerprint density at radius 3 is 2.58 bits per heavy atom. The molecule has 6 heteroatoms. The number of amides is 1. The van der Waals surface area contributed by atoms with Crippen molar-refractivity contribution in [3.63, 3.8) is 0 Å². The number of carbonyl (C=O) groups excluding carboxylic acids is 1. The Hall–Kier alpha value is -2.11. The van der Waals surface area contributed by atoms with Crippen LogP contribution in [-0.2, 0) is 0 Å². The molecule has 1 atom stereocenters. The van der Waals surface area contributed by atoms with Crippen molar-refractivity contribution >= 4 is 44.4 Å². The van der Waals surface area contributed by atoms with E-state index in [-0.39, 0.29) is 17.1 Å². The molecule has 0 aliphatic carbocycles. The predicted molar refractivity (Wildman–Crippen MR) is 95.7 cm³/mol. The molecule has 4 nitrogen and oxygen atoms in total. The van der Waals surface area contributed by atoms with Crippen molar-refractivity contribution in [3.05, 3.63) is 78.6 Å². The van der Waals surface area contributed by atoms with Crippen LogP contribution in [0.15, 0.2) is 50.1 Å². The number of halogens is 2. The van der Waals surface area contributed by atoms with Gasteiger partial charge in [-0.1, -0.05) is 39.7 Å². The highest BCUT2D eigenvalue weighted by Gasteiger charge is 2.35. The van der Waals surface area contributed by atoms with Crippen LogP contribution in [0.2, 0.25) is 5.02 Å². The van der Waals surface area contributed by atoms with Crippen LogP contribution in [0, 0.1) is 6.92 Å². The molecule has 24 heavy (non-hydrogen) atoms. The van der Waals surface area contributed by atoms with Gasteiger partial charge < -0.3 is 9.73 Å². The molecular formula is C18H11BrClNO3. The Labute approximate surface area is 150 Å². The molecular weight excluding hydrogens is 394 g/mol. The third kappa shape index (κ3) is 2.27. The van der Waals surface area contributed by atoms with Gasteiger partial charge in [0.25, 0.3) is 5.91 Å². The molecule has 0 saturated heterocycles. The molecule has 1 aromatic heterocycles. The summed E-state index contributed by atoms with van der Waals surface area (Å²) in [4.78, 5) is 25.2.